The van der Waals surface area contributed by atoms with Crippen molar-refractivity contribution in [2.45, 2.75) is 26.2 Å². The molecule has 2 rings (SSSR count). The lowest BCUT2D eigenvalue weighted by molar-refractivity contribution is -0.0633. The maximum absolute atomic E-state index is 9.26. The van der Waals surface area contributed by atoms with E-state index >= 15 is 0 Å². The molecule has 3 heteroatoms. The summed E-state index contributed by atoms with van der Waals surface area (Å²) in [6.45, 7) is 3.57. The molecule has 0 spiro atoms. The first-order valence-corrected chi connectivity index (χ1v) is 7.25. The number of hydrogen-bond donors (Lipinski definition) is 1. The van der Waals surface area contributed by atoms with E-state index in [1.807, 2.05) is 6.07 Å². The van der Waals surface area contributed by atoms with Crippen molar-refractivity contribution in [1.29, 1.82) is 0 Å². The summed E-state index contributed by atoms with van der Waals surface area (Å²) in [6, 6.07) is 12.5. The summed E-state index contributed by atoms with van der Waals surface area (Å²) in [7, 11) is 1.67. The third-order valence-corrected chi connectivity index (χ3v) is 3.41. The fourth-order valence-electron chi connectivity index (χ4n) is 2.25. The second kappa shape index (κ2) is 7.27. The van der Waals surface area contributed by atoms with Crippen molar-refractivity contribution >= 4 is 10.8 Å². The van der Waals surface area contributed by atoms with Gasteiger partial charge in [-0.2, -0.15) is 5.06 Å². The van der Waals surface area contributed by atoms with Crippen molar-refractivity contribution in [2.24, 2.45) is 0 Å². The summed E-state index contributed by atoms with van der Waals surface area (Å²) in [5.74, 6) is 0.933. The van der Waals surface area contributed by atoms with Gasteiger partial charge in [0.2, 0.25) is 0 Å². The van der Waals surface area contributed by atoms with Crippen LogP contribution in [0.25, 0.3) is 10.8 Å². The molecule has 0 aliphatic heterocycles. The number of unbranched alkanes of at least 4 members (excludes halogenated alkanes) is 1. The first-order chi connectivity index (χ1) is 9.70. The molecule has 0 radical (unpaired) electrons. The van der Waals surface area contributed by atoms with Crippen molar-refractivity contribution < 1.29 is 9.94 Å². The van der Waals surface area contributed by atoms with Crippen LogP contribution in [0.5, 0.6) is 5.75 Å². The lowest BCUT2D eigenvalue weighted by atomic mass is 10.0. The monoisotopic (exact) mass is 273 g/mol. The van der Waals surface area contributed by atoms with Crippen LogP contribution >= 0.6 is 0 Å². The van der Waals surface area contributed by atoms with E-state index in [2.05, 4.69) is 37.3 Å². The highest BCUT2D eigenvalue weighted by Gasteiger charge is 2.04. The Morgan fingerprint density at radius 2 is 2.05 bits per heavy atom. The summed E-state index contributed by atoms with van der Waals surface area (Å²) < 4.78 is 5.74. The number of ether oxygens (including phenoxy) is 1. The number of hydroxylamine groups is 2. The molecular formula is C17H23NO2. The van der Waals surface area contributed by atoms with Gasteiger partial charge in [-0.05, 0) is 41.3 Å². The fraction of sp³-hybridized carbons (Fsp3) is 0.412. The first-order valence-electron chi connectivity index (χ1n) is 7.25. The molecule has 0 aromatic heterocycles. The zero-order chi connectivity index (χ0) is 14.4. The maximum Gasteiger partial charge on any atom is 0.119 e. The summed E-state index contributed by atoms with van der Waals surface area (Å²) in [4.78, 5) is 0. The number of nitrogens with zero attached hydrogens (tertiary/aromatic N) is 1. The smallest absolute Gasteiger partial charge is 0.119 e. The SMILES string of the molecule is CCCCOc1ccc2c(CCN(C)O)cccc2c1. The van der Waals surface area contributed by atoms with Gasteiger partial charge in [-0.15, -0.1) is 0 Å². The summed E-state index contributed by atoms with van der Waals surface area (Å²) >= 11 is 0. The van der Waals surface area contributed by atoms with Gasteiger partial charge in [0.15, 0.2) is 0 Å². The van der Waals surface area contributed by atoms with Gasteiger partial charge in [-0.25, -0.2) is 0 Å². The van der Waals surface area contributed by atoms with Crippen LogP contribution in [0.2, 0.25) is 0 Å². The van der Waals surface area contributed by atoms with Gasteiger partial charge < -0.3 is 9.94 Å². The highest BCUT2D eigenvalue weighted by molar-refractivity contribution is 5.87. The van der Waals surface area contributed by atoms with Crippen LogP contribution in [-0.2, 0) is 6.42 Å². The Hall–Kier alpha value is -1.58. The van der Waals surface area contributed by atoms with Crippen molar-refractivity contribution in [3.05, 3.63) is 42.0 Å². The largest absolute Gasteiger partial charge is 0.494 e. The van der Waals surface area contributed by atoms with Gasteiger partial charge in [0, 0.05) is 13.6 Å². The lowest BCUT2D eigenvalue weighted by Gasteiger charge is -2.11. The van der Waals surface area contributed by atoms with Gasteiger partial charge in [0.25, 0.3) is 0 Å². The Morgan fingerprint density at radius 1 is 1.20 bits per heavy atom. The minimum Gasteiger partial charge on any atom is -0.494 e. The molecule has 0 bridgehead atoms. The Labute approximate surface area is 120 Å². The van der Waals surface area contributed by atoms with Crippen LogP contribution in [0.4, 0.5) is 0 Å². The van der Waals surface area contributed by atoms with Crippen LogP contribution in [0.3, 0.4) is 0 Å². The molecule has 3 nitrogen and oxygen atoms in total. The van der Waals surface area contributed by atoms with Gasteiger partial charge in [0.05, 0.1) is 6.61 Å². The van der Waals surface area contributed by atoms with Crippen molar-refractivity contribution in [3.8, 4) is 5.75 Å². The van der Waals surface area contributed by atoms with Crippen molar-refractivity contribution in [2.75, 3.05) is 20.2 Å². The average molecular weight is 273 g/mol. The normalized spacial score (nSPS) is 11.2. The van der Waals surface area contributed by atoms with E-state index in [1.165, 1.54) is 21.4 Å². The standard InChI is InChI=1S/C17H23NO2/c1-3-4-12-20-16-8-9-17-14(10-11-18(2)19)6-5-7-15(17)13-16/h5-9,13,19H,3-4,10-12H2,1-2H3. The summed E-state index contributed by atoms with van der Waals surface area (Å²) in [5.41, 5.74) is 1.25. The molecule has 0 aliphatic rings. The van der Waals surface area contributed by atoms with Crippen LogP contribution in [0.15, 0.2) is 36.4 Å². The average Bonchev–Trinajstić information content (AvgIpc) is 2.45. The van der Waals surface area contributed by atoms with Crippen LogP contribution in [-0.4, -0.2) is 30.5 Å². The van der Waals surface area contributed by atoms with E-state index < -0.39 is 0 Å². The molecule has 2 aromatic carbocycles. The zero-order valence-corrected chi connectivity index (χ0v) is 12.3. The molecular weight excluding hydrogens is 250 g/mol. The third kappa shape index (κ3) is 3.95. The van der Waals surface area contributed by atoms with E-state index in [4.69, 9.17) is 4.74 Å². The van der Waals surface area contributed by atoms with Gasteiger partial charge in [-0.3, -0.25) is 0 Å². The molecule has 0 amide bonds. The predicted molar refractivity (Wildman–Crippen MR) is 82.5 cm³/mol. The molecule has 0 atom stereocenters. The molecule has 0 saturated heterocycles. The molecule has 0 unspecified atom stereocenters. The molecule has 1 N–H and O–H groups in total. The van der Waals surface area contributed by atoms with Crippen LogP contribution in [0.1, 0.15) is 25.3 Å². The first kappa shape index (κ1) is 14.8. The predicted octanol–water partition coefficient (Wildman–Crippen LogP) is 3.88. The third-order valence-electron chi connectivity index (χ3n) is 3.41. The Kier molecular flexibility index (Phi) is 5.39. The quantitative estimate of drug-likeness (QED) is 0.614. The molecule has 0 heterocycles. The number of fused-ring (bicyclic) bond motifs is 1. The van der Waals surface area contributed by atoms with Gasteiger partial charge in [-0.1, -0.05) is 37.6 Å². The number of likely N-dealkylation sites (N-methyl/N-ethyl adjacent to an activating group) is 1. The Balaban J connectivity index is 2.17. The van der Waals surface area contributed by atoms with Crippen LogP contribution < -0.4 is 4.74 Å². The molecule has 0 fully saturated rings. The van der Waals surface area contributed by atoms with Gasteiger partial charge in [0.1, 0.15) is 5.75 Å². The molecule has 2 aromatic rings. The molecule has 0 aliphatic carbocycles. The molecule has 0 saturated carbocycles. The number of benzene rings is 2. The topological polar surface area (TPSA) is 32.7 Å². The minimum atomic E-state index is 0.633. The number of hydrogen-bond acceptors (Lipinski definition) is 3. The van der Waals surface area contributed by atoms with E-state index in [9.17, 15) is 5.21 Å². The van der Waals surface area contributed by atoms with E-state index in [1.54, 1.807) is 7.05 Å². The maximum atomic E-state index is 9.26. The summed E-state index contributed by atoms with van der Waals surface area (Å²) in [6.07, 6.45) is 3.06. The number of rotatable bonds is 7. The summed E-state index contributed by atoms with van der Waals surface area (Å²) in [5, 5.41) is 12.9. The molecule has 20 heavy (non-hydrogen) atoms. The molecule has 108 valence electrons. The second-order valence-electron chi connectivity index (χ2n) is 5.13. The fourth-order valence-corrected chi connectivity index (χ4v) is 2.25. The van der Waals surface area contributed by atoms with Crippen molar-refractivity contribution in [1.82, 2.24) is 5.06 Å². The highest BCUT2D eigenvalue weighted by Crippen LogP contribution is 2.24. The van der Waals surface area contributed by atoms with E-state index in [0.29, 0.717) is 6.54 Å². The van der Waals surface area contributed by atoms with E-state index in [0.717, 1.165) is 31.6 Å². The Morgan fingerprint density at radius 3 is 2.80 bits per heavy atom. The second-order valence-corrected chi connectivity index (χ2v) is 5.13. The Bertz CT molecular complexity index is 552. The zero-order valence-electron chi connectivity index (χ0n) is 12.3. The van der Waals surface area contributed by atoms with Gasteiger partial charge >= 0.3 is 0 Å². The lowest BCUT2D eigenvalue weighted by Crippen LogP contribution is -2.16. The van der Waals surface area contributed by atoms with Crippen molar-refractivity contribution in [3.63, 3.8) is 0 Å². The van der Waals surface area contributed by atoms with E-state index in [-0.39, 0.29) is 0 Å². The highest BCUT2D eigenvalue weighted by atomic mass is 16.5. The van der Waals surface area contributed by atoms with Crippen LogP contribution in [0, 0.1) is 0 Å². The minimum absolute atomic E-state index is 0.633.